The molecule has 1 amide bonds. The molecule has 0 spiro atoms. The molecular weight excluding hydrogens is 158 g/mol. The number of Topliss-reactive ketones (excluding diaryl/α,β-unsaturated/α-hetero) is 1. The first-order chi connectivity index (χ1) is 5.52. The molecule has 1 saturated carbocycles. The van der Waals surface area contributed by atoms with Crippen molar-refractivity contribution in [2.45, 2.75) is 32.4 Å². The highest BCUT2D eigenvalue weighted by Crippen LogP contribution is 2.21. The van der Waals surface area contributed by atoms with Gasteiger partial charge in [0.1, 0.15) is 5.78 Å². The number of nitrogens with one attached hydrogen (secondary N) is 1. The Kier molecular flexibility index (Phi) is 2.47. The minimum absolute atomic E-state index is 0.0150. The minimum Gasteiger partial charge on any atom is -0.390 e. The van der Waals surface area contributed by atoms with Crippen molar-refractivity contribution < 1.29 is 14.7 Å². The molecule has 68 valence electrons. The van der Waals surface area contributed by atoms with Crippen molar-refractivity contribution in [1.29, 1.82) is 0 Å². The van der Waals surface area contributed by atoms with Crippen LogP contribution in [0.4, 0.5) is 0 Å². The lowest BCUT2D eigenvalue weighted by molar-refractivity contribution is -0.121. The summed E-state index contributed by atoms with van der Waals surface area (Å²) in [5.74, 6) is -0.538. The number of carbonyl (C=O) groups excluding carboxylic acids is 2. The number of hydrogen-bond donors (Lipinski definition) is 2. The van der Waals surface area contributed by atoms with Crippen LogP contribution >= 0.6 is 0 Å². The third-order valence-electron chi connectivity index (χ3n) is 2.24. The van der Waals surface area contributed by atoms with E-state index in [0.717, 1.165) is 0 Å². The Morgan fingerprint density at radius 1 is 1.67 bits per heavy atom. The summed E-state index contributed by atoms with van der Waals surface area (Å²) in [7, 11) is 0. The molecule has 1 aliphatic carbocycles. The molecule has 0 aromatic rings. The van der Waals surface area contributed by atoms with E-state index in [1.165, 1.54) is 6.92 Å². The zero-order chi connectivity index (χ0) is 9.30. The fourth-order valence-electron chi connectivity index (χ4n) is 1.46. The summed E-state index contributed by atoms with van der Waals surface area (Å²) in [6.07, 6.45) is -0.469. The summed E-state index contributed by atoms with van der Waals surface area (Å²) in [5.41, 5.74) is 0. The Balaban J connectivity index is 2.58. The molecule has 0 heterocycles. The topological polar surface area (TPSA) is 66.4 Å². The zero-order valence-electron chi connectivity index (χ0n) is 7.20. The fraction of sp³-hybridized carbons (Fsp3) is 0.750. The summed E-state index contributed by atoms with van der Waals surface area (Å²) in [5, 5.41) is 12.0. The average molecular weight is 171 g/mol. The fourth-order valence-corrected chi connectivity index (χ4v) is 1.46. The van der Waals surface area contributed by atoms with Crippen LogP contribution in [-0.2, 0) is 9.59 Å². The highest BCUT2D eigenvalue weighted by molar-refractivity contribution is 5.86. The van der Waals surface area contributed by atoms with Crippen molar-refractivity contribution in [3.05, 3.63) is 0 Å². The maximum Gasteiger partial charge on any atom is 0.217 e. The second-order valence-electron chi connectivity index (χ2n) is 3.26. The van der Waals surface area contributed by atoms with Crippen LogP contribution in [0.5, 0.6) is 0 Å². The second-order valence-corrected chi connectivity index (χ2v) is 3.26. The monoisotopic (exact) mass is 171 g/mol. The second kappa shape index (κ2) is 3.23. The van der Waals surface area contributed by atoms with E-state index < -0.39 is 6.10 Å². The van der Waals surface area contributed by atoms with Crippen LogP contribution in [-0.4, -0.2) is 28.9 Å². The molecule has 3 unspecified atom stereocenters. The van der Waals surface area contributed by atoms with Gasteiger partial charge in [0.25, 0.3) is 0 Å². The summed E-state index contributed by atoms with van der Waals surface area (Å²) in [6.45, 7) is 3.05. The maximum atomic E-state index is 11.1. The molecule has 0 bridgehead atoms. The van der Waals surface area contributed by atoms with E-state index in [-0.39, 0.29) is 30.1 Å². The van der Waals surface area contributed by atoms with Crippen LogP contribution in [0.2, 0.25) is 0 Å². The number of ketones is 1. The van der Waals surface area contributed by atoms with Crippen molar-refractivity contribution in [3.63, 3.8) is 0 Å². The van der Waals surface area contributed by atoms with Gasteiger partial charge in [-0.15, -0.1) is 0 Å². The maximum absolute atomic E-state index is 11.1. The van der Waals surface area contributed by atoms with Crippen molar-refractivity contribution in [1.82, 2.24) is 5.32 Å². The van der Waals surface area contributed by atoms with E-state index in [1.54, 1.807) is 6.92 Å². The Morgan fingerprint density at radius 3 is 2.58 bits per heavy atom. The van der Waals surface area contributed by atoms with Gasteiger partial charge in [-0.1, -0.05) is 6.92 Å². The molecule has 0 aromatic carbocycles. The number of hydrogen-bond acceptors (Lipinski definition) is 3. The average Bonchev–Trinajstić information content (AvgIpc) is 2.17. The third-order valence-corrected chi connectivity index (χ3v) is 2.24. The predicted molar refractivity (Wildman–Crippen MR) is 42.4 cm³/mol. The van der Waals surface area contributed by atoms with Crippen LogP contribution in [0, 0.1) is 5.92 Å². The Hall–Kier alpha value is -0.900. The van der Waals surface area contributed by atoms with Gasteiger partial charge in [0, 0.05) is 19.3 Å². The number of carbonyl (C=O) groups is 2. The van der Waals surface area contributed by atoms with Gasteiger partial charge in [0.05, 0.1) is 12.1 Å². The molecule has 1 aliphatic rings. The molecule has 4 nitrogen and oxygen atoms in total. The normalized spacial score (nSPS) is 35.2. The van der Waals surface area contributed by atoms with Crippen molar-refractivity contribution in [3.8, 4) is 0 Å². The highest BCUT2D eigenvalue weighted by Gasteiger charge is 2.38. The van der Waals surface area contributed by atoms with Crippen LogP contribution in [0.1, 0.15) is 20.3 Å². The molecule has 1 rings (SSSR count). The van der Waals surface area contributed by atoms with Gasteiger partial charge in [-0.3, -0.25) is 9.59 Å². The first kappa shape index (κ1) is 9.19. The van der Waals surface area contributed by atoms with Gasteiger partial charge in [-0.2, -0.15) is 0 Å². The van der Waals surface area contributed by atoms with E-state index >= 15 is 0 Å². The lowest BCUT2D eigenvalue weighted by atomic mass is 10.1. The highest BCUT2D eigenvalue weighted by atomic mass is 16.3. The van der Waals surface area contributed by atoms with Crippen LogP contribution in [0.3, 0.4) is 0 Å². The standard InChI is InChI=1S/C8H13NO3/c1-4-7(11)3-6(8(4)12)9-5(2)10/h4,6,8,12H,3H2,1-2H3,(H,9,10). The molecule has 0 radical (unpaired) electrons. The summed E-state index contributed by atoms with van der Waals surface area (Å²) in [4.78, 5) is 21.7. The Morgan fingerprint density at radius 2 is 2.25 bits per heavy atom. The number of rotatable bonds is 1. The van der Waals surface area contributed by atoms with Gasteiger partial charge < -0.3 is 10.4 Å². The largest absolute Gasteiger partial charge is 0.390 e. The smallest absolute Gasteiger partial charge is 0.217 e. The zero-order valence-corrected chi connectivity index (χ0v) is 7.20. The van der Waals surface area contributed by atoms with Gasteiger partial charge in [-0.25, -0.2) is 0 Å². The van der Waals surface area contributed by atoms with Gasteiger partial charge in [-0.05, 0) is 0 Å². The van der Waals surface area contributed by atoms with Crippen molar-refractivity contribution in [2.24, 2.45) is 5.92 Å². The van der Waals surface area contributed by atoms with Gasteiger partial charge in [0.15, 0.2) is 0 Å². The molecule has 0 aromatic heterocycles. The Labute approximate surface area is 71.0 Å². The number of aliphatic hydroxyl groups excluding tert-OH is 1. The third kappa shape index (κ3) is 1.64. The van der Waals surface area contributed by atoms with E-state index in [4.69, 9.17) is 0 Å². The van der Waals surface area contributed by atoms with E-state index in [2.05, 4.69) is 5.32 Å². The number of aliphatic hydroxyl groups is 1. The predicted octanol–water partition coefficient (Wildman–Crippen LogP) is -0.539. The quantitative estimate of drug-likeness (QED) is 0.557. The van der Waals surface area contributed by atoms with E-state index in [1.807, 2.05) is 0 Å². The van der Waals surface area contributed by atoms with Crippen LogP contribution in [0.25, 0.3) is 0 Å². The van der Waals surface area contributed by atoms with Gasteiger partial charge >= 0.3 is 0 Å². The first-order valence-electron chi connectivity index (χ1n) is 4.00. The van der Waals surface area contributed by atoms with Gasteiger partial charge in [0.2, 0.25) is 5.91 Å². The molecule has 3 atom stereocenters. The molecule has 2 N–H and O–H groups in total. The summed E-state index contributed by atoms with van der Waals surface area (Å²) >= 11 is 0. The van der Waals surface area contributed by atoms with Crippen LogP contribution < -0.4 is 5.32 Å². The molecule has 0 saturated heterocycles. The van der Waals surface area contributed by atoms with E-state index in [0.29, 0.717) is 0 Å². The molecule has 12 heavy (non-hydrogen) atoms. The number of amides is 1. The molecule has 1 fully saturated rings. The molecule has 4 heteroatoms. The Bertz CT molecular complexity index is 212. The van der Waals surface area contributed by atoms with Crippen molar-refractivity contribution in [2.75, 3.05) is 0 Å². The van der Waals surface area contributed by atoms with Crippen molar-refractivity contribution >= 4 is 11.7 Å². The first-order valence-corrected chi connectivity index (χ1v) is 4.00. The lowest BCUT2D eigenvalue weighted by Crippen LogP contribution is -2.40. The minimum atomic E-state index is -0.721. The van der Waals surface area contributed by atoms with Crippen LogP contribution in [0.15, 0.2) is 0 Å². The molecule has 0 aliphatic heterocycles. The van der Waals surface area contributed by atoms with E-state index in [9.17, 15) is 14.7 Å². The molecular formula is C8H13NO3. The SMILES string of the molecule is CC(=O)NC1CC(=O)C(C)C1O. The lowest BCUT2D eigenvalue weighted by Gasteiger charge is -2.15. The summed E-state index contributed by atoms with van der Waals surface area (Å²) in [6, 6.07) is -0.384. The summed E-state index contributed by atoms with van der Waals surface area (Å²) < 4.78 is 0.